The first-order chi connectivity index (χ1) is 11.2. The molecule has 0 bridgehead atoms. The fourth-order valence-electron chi connectivity index (χ4n) is 2.09. The Morgan fingerprint density at radius 1 is 1.13 bits per heavy atom. The van der Waals surface area contributed by atoms with E-state index in [0.29, 0.717) is 11.3 Å². The highest BCUT2D eigenvalue weighted by atomic mass is 16.5. The normalized spacial score (nSPS) is 10.4. The fraction of sp³-hybridized carbons (Fsp3) is 0.200. The van der Waals surface area contributed by atoms with E-state index in [1.165, 1.54) is 24.5 Å². The van der Waals surface area contributed by atoms with E-state index < -0.39 is 5.97 Å². The summed E-state index contributed by atoms with van der Waals surface area (Å²) in [4.78, 5) is 11.8. The Hall–Kier alpha value is -2.86. The van der Waals surface area contributed by atoms with E-state index in [4.69, 9.17) is 10.00 Å². The van der Waals surface area contributed by atoms with Gasteiger partial charge in [-0.2, -0.15) is 5.26 Å². The molecule has 0 aliphatic heterocycles. The van der Waals surface area contributed by atoms with Gasteiger partial charge in [0.1, 0.15) is 5.75 Å². The van der Waals surface area contributed by atoms with Gasteiger partial charge in [-0.1, -0.05) is 37.6 Å². The molecule has 0 amide bonds. The van der Waals surface area contributed by atoms with Crippen LogP contribution in [0.25, 0.3) is 6.08 Å². The number of aryl methyl sites for hydroxylation is 1. The van der Waals surface area contributed by atoms with Gasteiger partial charge in [0.25, 0.3) is 0 Å². The number of hydrogen-bond acceptors (Lipinski definition) is 3. The van der Waals surface area contributed by atoms with Crippen molar-refractivity contribution in [3.05, 3.63) is 71.3 Å². The molecule has 0 atom stereocenters. The third kappa shape index (κ3) is 5.44. The van der Waals surface area contributed by atoms with E-state index >= 15 is 0 Å². The molecule has 0 radical (unpaired) electrons. The third-order valence-electron chi connectivity index (χ3n) is 3.41. The molecular formula is C20H19NO2. The van der Waals surface area contributed by atoms with Gasteiger partial charge in [0, 0.05) is 6.08 Å². The van der Waals surface area contributed by atoms with Crippen molar-refractivity contribution in [1.82, 2.24) is 0 Å². The first-order valence-electron chi connectivity index (χ1n) is 7.70. The molecule has 0 unspecified atom stereocenters. The van der Waals surface area contributed by atoms with Crippen molar-refractivity contribution in [2.75, 3.05) is 0 Å². The predicted octanol–water partition coefficient (Wildman–Crippen LogP) is 4.52. The first-order valence-corrected chi connectivity index (χ1v) is 7.70. The zero-order valence-electron chi connectivity index (χ0n) is 13.2. The molecule has 116 valence electrons. The number of nitriles is 1. The summed E-state index contributed by atoms with van der Waals surface area (Å²) in [5.74, 6) is -0.0154. The molecule has 0 saturated carbocycles. The van der Waals surface area contributed by atoms with E-state index in [9.17, 15) is 4.79 Å². The maximum Gasteiger partial charge on any atom is 0.336 e. The van der Waals surface area contributed by atoms with Crippen LogP contribution in [0.3, 0.4) is 0 Å². The number of hydrogen-bond donors (Lipinski definition) is 0. The number of unbranched alkanes of at least 4 members (excludes halogenated alkanes) is 1. The summed E-state index contributed by atoms with van der Waals surface area (Å²) in [5.41, 5.74) is 2.80. The molecule has 2 aromatic rings. The topological polar surface area (TPSA) is 50.1 Å². The lowest BCUT2D eigenvalue weighted by atomic mass is 10.1. The van der Waals surface area contributed by atoms with Crippen LogP contribution in [0.1, 0.15) is 36.5 Å². The van der Waals surface area contributed by atoms with Crippen LogP contribution in [0, 0.1) is 11.3 Å². The number of benzene rings is 2. The van der Waals surface area contributed by atoms with Gasteiger partial charge in [0.05, 0.1) is 11.6 Å². The number of nitrogens with zero attached hydrogens (tertiary/aromatic N) is 1. The third-order valence-corrected chi connectivity index (χ3v) is 3.41. The summed E-state index contributed by atoms with van der Waals surface area (Å²) in [5, 5.41) is 8.72. The summed E-state index contributed by atoms with van der Waals surface area (Å²) in [6, 6.07) is 16.6. The molecule has 0 heterocycles. The molecular weight excluding hydrogens is 286 g/mol. The second-order valence-corrected chi connectivity index (χ2v) is 5.24. The summed E-state index contributed by atoms with van der Waals surface area (Å²) in [6.45, 7) is 2.18. The first kappa shape index (κ1) is 16.5. The molecule has 2 rings (SSSR count). The van der Waals surface area contributed by atoms with Crippen molar-refractivity contribution >= 4 is 12.0 Å². The van der Waals surface area contributed by atoms with Gasteiger partial charge >= 0.3 is 5.97 Å². The lowest BCUT2D eigenvalue weighted by Gasteiger charge is -2.02. The molecule has 0 aromatic heterocycles. The Morgan fingerprint density at radius 3 is 2.43 bits per heavy atom. The minimum Gasteiger partial charge on any atom is -0.423 e. The molecule has 0 aliphatic carbocycles. The molecule has 2 aromatic carbocycles. The Kier molecular flexibility index (Phi) is 6.14. The maximum absolute atomic E-state index is 11.8. The van der Waals surface area contributed by atoms with Gasteiger partial charge in [-0.3, -0.25) is 0 Å². The molecule has 0 N–H and O–H groups in total. The summed E-state index contributed by atoms with van der Waals surface area (Å²) in [7, 11) is 0. The maximum atomic E-state index is 11.8. The number of carbonyl (C=O) groups is 1. The van der Waals surface area contributed by atoms with Crippen molar-refractivity contribution in [2.24, 2.45) is 0 Å². The number of rotatable bonds is 6. The molecule has 0 aliphatic rings. The van der Waals surface area contributed by atoms with Crippen LogP contribution in [0.4, 0.5) is 0 Å². The van der Waals surface area contributed by atoms with Gasteiger partial charge in [0.2, 0.25) is 0 Å². The number of esters is 1. The van der Waals surface area contributed by atoms with E-state index in [2.05, 4.69) is 19.1 Å². The highest BCUT2D eigenvalue weighted by molar-refractivity contribution is 5.88. The molecule has 23 heavy (non-hydrogen) atoms. The second-order valence-electron chi connectivity index (χ2n) is 5.24. The van der Waals surface area contributed by atoms with Crippen LogP contribution in [0.5, 0.6) is 5.75 Å². The summed E-state index contributed by atoms with van der Waals surface area (Å²) in [6.07, 6.45) is 6.59. The van der Waals surface area contributed by atoms with E-state index in [1.54, 1.807) is 30.3 Å². The van der Waals surface area contributed by atoms with Crippen molar-refractivity contribution < 1.29 is 9.53 Å². The smallest absolute Gasteiger partial charge is 0.336 e. The number of ether oxygens (including phenoxy) is 1. The zero-order valence-corrected chi connectivity index (χ0v) is 13.2. The molecule has 3 heteroatoms. The van der Waals surface area contributed by atoms with Crippen LogP contribution in [-0.4, -0.2) is 5.97 Å². The standard InChI is InChI=1S/C20H19NO2/c1-2-3-4-16-5-7-17(8-6-16)11-14-20(22)23-19-12-9-18(15-21)10-13-19/h5-14H,2-4H2,1H3/b14-11+. The average molecular weight is 305 g/mol. The van der Waals surface area contributed by atoms with Gasteiger partial charge < -0.3 is 4.74 Å². The largest absolute Gasteiger partial charge is 0.423 e. The fourth-order valence-corrected chi connectivity index (χ4v) is 2.09. The summed E-state index contributed by atoms with van der Waals surface area (Å²) < 4.78 is 5.18. The quantitative estimate of drug-likeness (QED) is 0.448. The molecule has 0 fully saturated rings. The second kappa shape index (κ2) is 8.55. The number of carbonyl (C=O) groups excluding carboxylic acids is 1. The van der Waals surface area contributed by atoms with Crippen LogP contribution in [0.2, 0.25) is 0 Å². The van der Waals surface area contributed by atoms with Crippen LogP contribution < -0.4 is 4.74 Å². The summed E-state index contributed by atoms with van der Waals surface area (Å²) >= 11 is 0. The van der Waals surface area contributed by atoms with Crippen LogP contribution in [0.15, 0.2) is 54.6 Å². The van der Waals surface area contributed by atoms with Gasteiger partial charge in [-0.25, -0.2) is 4.79 Å². The zero-order chi connectivity index (χ0) is 16.5. The predicted molar refractivity (Wildman–Crippen MR) is 90.9 cm³/mol. The Bertz CT molecular complexity index is 707. The lowest BCUT2D eigenvalue weighted by Crippen LogP contribution is -2.03. The molecule has 3 nitrogen and oxygen atoms in total. The van der Waals surface area contributed by atoms with Gasteiger partial charge in [-0.05, 0) is 54.3 Å². The molecule has 0 spiro atoms. The minimum atomic E-state index is -0.440. The van der Waals surface area contributed by atoms with Crippen LogP contribution in [-0.2, 0) is 11.2 Å². The monoisotopic (exact) mass is 305 g/mol. The van der Waals surface area contributed by atoms with E-state index in [0.717, 1.165) is 12.0 Å². The van der Waals surface area contributed by atoms with E-state index in [1.807, 2.05) is 18.2 Å². The molecule has 0 saturated heterocycles. The highest BCUT2D eigenvalue weighted by Crippen LogP contribution is 2.13. The van der Waals surface area contributed by atoms with Crippen LogP contribution >= 0.6 is 0 Å². The highest BCUT2D eigenvalue weighted by Gasteiger charge is 2.01. The minimum absolute atomic E-state index is 0.425. The Labute approximate surface area is 136 Å². The lowest BCUT2D eigenvalue weighted by molar-refractivity contribution is -0.128. The Morgan fingerprint density at radius 2 is 1.83 bits per heavy atom. The van der Waals surface area contributed by atoms with Crippen molar-refractivity contribution in [2.45, 2.75) is 26.2 Å². The SMILES string of the molecule is CCCCc1ccc(/C=C/C(=O)Oc2ccc(C#N)cc2)cc1. The Balaban J connectivity index is 1.91. The van der Waals surface area contributed by atoms with Crippen molar-refractivity contribution in [3.63, 3.8) is 0 Å². The van der Waals surface area contributed by atoms with Gasteiger partial charge in [-0.15, -0.1) is 0 Å². The van der Waals surface area contributed by atoms with Gasteiger partial charge in [0.15, 0.2) is 0 Å². The van der Waals surface area contributed by atoms with E-state index in [-0.39, 0.29) is 0 Å². The van der Waals surface area contributed by atoms with Crippen molar-refractivity contribution in [1.29, 1.82) is 5.26 Å². The average Bonchev–Trinajstić information content (AvgIpc) is 2.59. The van der Waals surface area contributed by atoms with Crippen molar-refractivity contribution in [3.8, 4) is 11.8 Å².